The van der Waals surface area contributed by atoms with Gasteiger partial charge in [-0.15, -0.1) is 0 Å². The number of carbonyl (C=O) groups is 1. The summed E-state index contributed by atoms with van der Waals surface area (Å²) in [5.74, 6) is 0.631. The number of hydrogen-bond donors (Lipinski definition) is 2. The zero-order valence-corrected chi connectivity index (χ0v) is 14.6. The van der Waals surface area contributed by atoms with Crippen LogP contribution in [0.1, 0.15) is 39.2 Å². The Morgan fingerprint density at radius 2 is 2.14 bits per heavy atom. The lowest BCUT2D eigenvalue weighted by molar-refractivity contribution is -0.127. The number of hydrogen-bond acceptors (Lipinski definition) is 3. The van der Waals surface area contributed by atoms with E-state index in [0.717, 1.165) is 22.9 Å². The minimum absolute atomic E-state index is 0.0373. The van der Waals surface area contributed by atoms with Crippen LogP contribution in [0.5, 0.6) is 5.75 Å². The van der Waals surface area contributed by atoms with Gasteiger partial charge in [0.15, 0.2) is 6.10 Å². The van der Waals surface area contributed by atoms with Crippen LogP contribution in [0, 0.1) is 0 Å². The van der Waals surface area contributed by atoms with Crippen molar-refractivity contribution >= 4 is 21.8 Å². The Bertz CT molecular complexity index is 464. The number of carbonyl (C=O) groups excluding carboxylic acids is 1. The topological polar surface area (TPSA) is 64.3 Å². The van der Waals surface area contributed by atoms with Crippen LogP contribution in [0.25, 0.3) is 0 Å². The van der Waals surface area contributed by atoms with Gasteiger partial charge in [-0.2, -0.15) is 0 Å². The van der Waals surface area contributed by atoms with E-state index in [4.69, 9.17) is 10.5 Å². The minimum atomic E-state index is -0.519. The van der Waals surface area contributed by atoms with E-state index in [0.29, 0.717) is 18.7 Å². The average Bonchev–Trinajstić information content (AvgIpc) is 2.41. The van der Waals surface area contributed by atoms with Gasteiger partial charge in [0.2, 0.25) is 0 Å². The molecule has 0 saturated carbocycles. The van der Waals surface area contributed by atoms with Crippen molar-refractivity contribution in [3.05, 3.63) is 28.2 Å². The SMILES string of the molecule is CCCCNC(=O)C(C)Oc1ccc(Br)cc1CC(C)N. The minimum Gasteiger partial charge on any atom is -0.481 e. The molecule has 2 unspecified atom stereocenters. The maximum absolute atomic E-state index is 12.0. The van der Waals surface area contributed by atoms with E-state index in [-0.39, 0.29) is 11.9 Å². The molecular weight excluding hydrogens is 332 g/mol. The number of ether oxygens (including phenoxy) is 1. The fraction of sp³-hybridized carbons (Fsp3) is 0.562. The number of amides is 1. The predicted molar refractivity (Wildman–Crippen MR) is 89.5 cm³/mol. The quantitative estimate of drug-likeness (QED) is 0.703. The largest absolute Gasteiger partial charge is 0.481 e. The third kappa shape index (κ3) is 6.48. The van der Waals surface area contributed by atoms with Crippen LogP contribution in [-0.2, 0) is 11.2 Å². The van der Waals surface area contributed by atoms with E-state index in [1.165, 1.54) is 0 Å². The third-order valence-corrected chi connectivity index (χ3v) is 3.56. The summed E-state index contributed by atoms with van der Waals surface area (Å²) in [6, 6.07) is 5.80. The fourth-order valence-corrected chi connectivity index (χ4v) is 2.35. The van der Waals surface area contributed by atoms with E-state index in [9.17, 15) is 4.79 Å². The van der Waals surface area contributed by atoms with Gasteiger partial charge >= 0.3 is 0 Å². The van der Waals surface area contributed by atoms with Crippen molar-refractivity contribution in [2.75, 3.05) is 6.54 Å². The van der Waals surface area contributed by atoms with Gasteiger partial charge in [0.1, 0.15) is 5.75 Å². The molecule has 0 fully saturated rings. The van der Waals surface area contributed by atoms with Gasteiger partial charge < -0.3 is 15.8 Å². The normalized spacial score (nSPS) is 13.6. The number of nitrogens with two attached hydrogens (primary N) is 1. The molecule has 2 atom stereocenters. The molecule has 0 radical (unpaired) electrons. The van der Waals surface area contributed by atoms with Gasteiger partial charge in [-0.3, -0.25) is 4.79 Å². The molecule has 0 spiro atoms. The van der Waals surface area contributed by atoms with Crippen LogP contribution >= 0.6 is 15.9 Å². The van der Waals surface area contributed by atoms with Gasteiger partial charge in [0.25, 0.3) is 5.91 Å². The van der Waals surface area contributed by atoms with Crippen molar-refractivity contribution in [2.24, 2.45) is 5.73 Å². The predicted octanol–water partition coefficient (Wildman–Crippen LogP) is 3.02. The van der Waals surface area contributed by atoms with Crippen LogP contribution < -0.4 is 15.8 Å². The van der Waals surface area contributed by atoms with Crippen LogP contribution in [0.4, 0.5) is 0 Å². The molecule has 0 aliphatic carbocycles. The molecule has 3 N–H and O–H groups in total. The standard InChI is InChI=1S/C16H25BrN2O2/c1-4-5-8-19-16(20)12(3)21-15-7-6-14(17)10-13(15)9-11(2)18/h6-7,10-12H,4-5,8-9,18H2,1-3H3,(H,19,20). The summed E-state index contributed by atoms with van der Waals surface area (Å²) < 4.78 is 6.78. The van der Waals surface area contributed by atoms with E-state index in [2.05, 4.69) is 28.2 Å². The second-order valence-electron chi connectivity index (χ2n) is 5.34. The van der Waals surface area contributed by atoms with Crippen molar-refractivity contribution in [2.45, 2.75) is 52.2 Å². The van der Waals surface area contributed by atoms with Gasteiger partial charge in [-0.05, 0) is 50.5 Å². The zero-order chi connectivity index (χ0) is 15.8. The van der Waals surface area contributed by atoms with E-state index in [1.807, 2.05) is 25.1 Å². The summed E-state index contributed by atoms with van der Waals surface area (Å²) in [5.41, 5.74) is 6.87. The molecule has 0 saturated heterocycles. The Morgan fingerprint density at radius 3 is 2.76 bits per heavy atom. The Balaban J connectivity index is 2.70. The lowest BCUT2D eigenvalue weighted by Gasteiger charge is -2.18. The molecule has 4 nitrogen and oxygen atoms in total. The molecule has 1 aromatic rings. The first-order valence-electron chi connectivity index (χ1n) is 7.42. The van der Waals surface area contributed by atoms with Crippen molar-refractivity contribution < 1.29 is 9.53 Å². The molecule has 21 heavy (non-hydrogen) atoms. The molecule has 5 heteroatoms. The summed E-state index contributed by atoms with van der Waals surface area (Å²) in [4.78, 5) is 12.0. The number of unbranched alkanes of at least 4 members (excludes halogenated alkanes) is 1. The van der Waals surface area contributed by atoms with Gasteiger partial charge in [0, 0.05) is 17.1 Å². The van der Waals surface area contributed by atoms with Crippen LogP contribution in [0.2, 0.25) is 0 Å². The van der Waals surface area contributed by atoms with E-state index < -0.39 is 6.10 Å². The van der Waals surface area contributed by atoms with Crippen molar-refractivity contribution in [3.8, 4) is 5.75 Å². The van der Waals surface area contributed by atoms with Crippen molar-refractivity contribution in [1.82, 2.24) is 5.32 Å². The average molecular weight is 357 g/mol. The maximum Gasteiger partial charge on any atom is 0.260 e. The number of nitrogens with one attached hydrogen (secondary N) is 1. The molecule has 1 amide bonds. The lowest BCUT2D eigenvalue weighted by Crippen LogP contribution is -2.37. The first-order valence-corrected chi connectivity index (χ1v) is 8.21. The molecule has 0 aromatic heterocycles. The fourth-order valence-electron chi connectivity index (χ4n) is 1.95. The Kier molecular flexibility index (Phi) is 7.75. The summed E-state index contributed by atoms with van der Waals surface area (Å²) in [6.07, 6.45) is 2.22. The van der Waals surface area contributed by atoms with E-state index in [1.54, 1.807) is 6.92 Å². The Hall–Kier alpha value is -1.07. The summed E-state index contributed by atoms with van der Waals surface area (Å²) in [6.45, 7) is 6.49. The van der Waals surface area contributed by atoms with Crippen molar-refractivity contribution in [1.29, 1.82) is 0 Å². The zero-order valence-electron chi connectivity index (χ0n) is 13.0. The van der Waals surface area contributed by atoms with Crippen LogP contribution in [0.3, 0.4) is 0 Å². The molecule has 0 aliphatic heterocycles. The lowest BCUT2D eigenvalue weighted by atomic mass is 10.1. The number of benzene rings is 1. The number of rotatable bonds is 8. The molecule has 0 heterocycles. The molecule has 1 rings (SSSR count). The first-order chi connectivity index (χ1) is 9.93. The smallest absolute Gasteiger partial charge is 0.260 e. The first kappa shape index (κ1) is 18.0. The third-order valence-electron chi connectivity index (χ3n) is 3.07. The maximum atomic E-state index is 12.0. The Morgan fingerprint density at radius 1 is 1.43 bits per heavy atom. The van der Waals surface area contributed by atoms with Gasteiger partial charge in [-0.25, -0.2) is 0 Å². The summed E-state index contributed by atoms with van der Waals surface area (Å²) in [5, 5.41) is 2.88. The molecular formula is C16H25BrN2O2. The highest BCUT2D eigenvalue weighted by Gasteiger charge is 2.16. The van der Waals surface area contributed by atoms with Gasteiger partial charge in [0.05, 0.1) is 0 Å². The molecule has 1 aromatic carbocycles. The summed E-state index contributed by atoms with van der Waals surface area (Å²) in [7, 11) is 0. The van der Waals surface area contributed by atoms with Crippen molar-refractivity contribution in [3.63, 3.8) is 0 Å². The highest BCUT2D eigenvalue weighted by molar-refractivity contribution is 9.10. The van der Waals surface area contributed by atoms with Crippen LogP contribution in [-0.4, -0.2) is 24.6 Å². The molecule has 0 bridgehead atoms. The second-order valence-corrected chi connectivity index (χ2v) is 6.25. The summed E-state index contributed by atoms with van der Waals surface area (Å²) >= 11 is 3.45. The monoisotopic (exact) mass is 356 g/mol. The molecule has 118 valence electrons. The second kappa shape index (κ2) is 9.05. The highest BCUT2D eigenvalue weighted by Crippen LogP contribution is 2.25. The molecule has 0 aliphatic rings. The van der Waals surface area contributed by atoms with E-state index >= 15 is 0 Å². The van der Waals surface area contributed by atoms with Crippen LogP contribution in [0.15, 0.2) is 22.7 Å². The van der Waals surface area contributed by atoms with Gasteiger partial charge in [-0.1, -0.05) is 29.3 Å². The number of halogens is 1. The Labute approximate surface area is 135 Å². The highest BCUT2D eigenvalue weighted by atomic mass is 79.9.